The Morgan fingerprint density at radius 2 is 2.00 bits per heavy atom. The summed E-state index contributed by atoms with van der Waals surface area (Å²) in [5, 5.41) is 11.8. The first kappa shape index (κ1) is 10.8. The molecule has 84 valence electrons. The Morgan fingerprint density at radius 1 is 1.38 bits per heavy atom. The molecule has 0 spiro atoms. The molecule has 2 rings (SSSR count). The van der Waals surface area contributed by atoms with E-state index in [1.54, 1.807) is 18.2 Å². The fourth-order valence-electron chi connectivity index (χ4n) is 1.66. The lowest BCUT2D eigenvalue weighted by Crippen LogP contribution is -2.27. The maximum Gasteiger partial charge on any atom is 0.345 e. The normalized spacial score (nSPS) is 12.9. The fraction of sp³-hybridized carbons (Fsp3) is 0.200. The molecule has 0 radical (unpaired) electrons. The van der Waals surface area contributed by atoms with Crippen LogP contribution in [0.25, 0.3) is 11.0 Å². The highest BCUT2D eigenvalue weighted by Gasteiger charge is 2.22. The quantitative estimate of drug-likeness (QED) is 0.694. The zero-order valence-electron chi connectivity index (χ0n) is 8.84. The number of hydrogen-bond acceptors (Lipinski definition) is 3. The Balaban J connectivity index is 3.07. The molecule has 0 unspecified atom stereocenters. The topological polar surface area (TPSA) is 68.0 Å². The van der Waals surface area contributed by atoms with Gasteiger partial charge in [0, 0.05) is 17.2 Å². The number of nitrogens with zero attached hydrogens (tertiary/aromatic N) is 2. The summed E-state index contributed by atoms with van der Waals surface area (Å²) in [4.78, 5) is 11.9. The van der Waals surface area contributed by atoms with Crippen LogP contribution in [0.4, 0.5) is 0 Å². The van der Waals surface area contributed by atoms with Gasteiger partial charge >= 0.3 is 5.03 Å². The van der Waals surface area contributed by atoms with Crippen molar-refractivity contribution in [1.29, 1.82) is 0 Å². The summed E-state index contributed by atoms with van der Waals surface area (Å²) in [6.45, 7) is 1.49. The van der Waals surface area contributed by atoms with E-state index >= 15 is 0 Å². The van der Waals surface area contributed by atoms with Crippen LogP contribution in [0.15, 0.2) is 29.3 Å². The number of aromatic nitrogens is 2. The van der Waals surface area contributed by atoms with Gasteiger partial charge in [0.25, 0.3) is 5.52 Å². The van der Waals surface area contributed by atoms with Gasteiger partial charge in [0.05, 0.1) is 10.1 Å². The summed E-state index contributed by atoms with van der Waals surface area (Å²) in [7, 11) is -1.49. The van der Waals surface area contributed by atoms with Gasteiger partial charge in [-0.1, -0.05) is 12.1 Å². The summed E-state index contributed by atoms with van der Waals surface area (Å²) >= 11 is 0. The van der Waals surface area contributed by atoms with E-state index in [2.05, 4.69) is 0 Å². The van der Waals surface area contributed by atoms with Gasteiger partial charge in [0.15, 0.2) is 0 Å². The molecule has 1 heterocycles. The Morgan fingerprint density at radius 3 is 2.62 bits per heavy atom. The SMILES string of the molecule is Cc1c([S@](C)=O)[n+](=O)c2ccccc2n1[O-]. The Hall–Kier alpha value is -1.69. The van der Waals surface area contributed by atoms with Crippen LogP contribution in [0.5, 0.6) is 0 Å². The highest BCUT2D eigenvalue weighted by Crippen LogP contribution is 2.14. The van der Waals surface area contributed by atoms with Gasteiger partial charge in [-0.15, -0.1) is 0 Å². The summed E-state index contributed by atoms with van der Waals surface area (Å²) in [6, 6.07) is 6.44. The first-order chi connectivity index (χ1) is 7.54. The summed E-state index contributed by atoms with van der Waals surface area (Å²) in [5.74, 6) is 0. The van der Waals surface area contributed by atoms with E-state index in [4.69, 9.17) is 0 Å². The number of benzene rings is 1. The zero-order chi connectivity index (χ0) is 11.9. The van der Waals surface area contributed by atoms with Gasteiger partial charge in [0.1, 0.15) is 16.3 Å². The molecule has 0 saturated heterocycles. The van der Waals surface area contributed by atoms with Crippen LogP contribution >= 0.6 is 0 Å². The third kappa shape index (κ3) is 1.42. The highest BCUT2D eigenvalue weighted by atomic mass is 32.2. The second-order valence-electron chi connectivity index (χ2n) is 3.42. The molecule has 5 nitrogen and oxygen atoms in total. The molecular weight excluding hydrogens is 228 g/mol. The Labute approximate surface area is 94.0 Å². The summed E-state index contributed by atoms with van der Waals surface area (Å²) in [6.07, 6.45) is 1.38. The molecule has 0 aliphatic rings. The lowest BCUT2D eigenvalue weighted by molar-refractivity contribution is -0.511. The van der Waals surface area contributed by atoms with Crippen LogP contribution in [-0.2, 0) is 10.8 Å². The molecule has 1 aromatic carbocycles. The number of hydrogen-bond donors (Lipinski definition) is 0. The van der Waals surface area contributed by atoms with Crippen molar-refractivity contribution in [3.8, 4) is 0 Å². The third-order valence-corrected chi connectivity index (χ3v) is 3.40. The number of para-hydroxylation sites is 2. The van der Waals surface area contributed by atoms with Gasteiger partial charge in [-0.25, -0.2) is 4.21 Å². The molecule has 0 bridgehead atoms. The van der Waals surface area contributed by atoms with Crippen LogP contribution in [0.3, 0.4) is 0 Å². The van der Waals surface area contributed by atoms with Gasteiger partial charge in [0.2, 0.25) is 0 Å². The molecule has 2 aromatic rings. The molecule has 0 aliphatic carbocycles. The lowest BCUT2D eigenvalue weighted by atomic mass is 10.3. The zero-order valence-corrected chi connectivity index (χ0v) is 9.65. The average molecular weight is 238 g/mol. The van der Waals surface area contributed by atoms with Crippen molar-refractivity contribution >= 4 is 21.8 Å². The summed E-state index contributed by atoms with van der Waals surface area (Å²) < 4.78 is 12.6. The van der Waals surface area contributed by atoms with Crippen LogP contribution in [0.2, 0.25) is 0 Å². The molecular formula is C10H10N2O3S. The van der Waals surface area contributed by atoms with Crippen molar-refractivity contribution in [1.82, 2.24) is 4.73 Å². The molecule has 0 N–H and O–H groups in total. The molecule has 0 aliphatic heterocycles. The maximum absolute atomic E-state index is 11.9. The van der Waals surface area contributed by atoms with Gasteiger partial charge in [-0.3, -0.25) is 0 Å². The molecule has 16 heavy (non-hydrogen) atoms. The molecule has 0 saturated carbocycles. The van der Waals surface area contributed by atoms with Crippen LogP contribution in [0, 0.1) is 17.0 Å². The second kappa shape index (κ2) is 3.71. The van der Waals surface area contributed by atoms with Crippen LogP contribution in [-0.4, -0.2) is 15.2 Å². The minimum absolute atomic E-state index is 0.00806. The predicted octanol–water partition coefficient (Wildman–Crippen LogP) is 0.948. The monoisotopic (exact) mass is 238 g/mol. The third-order valence-electron chi connectivity index (χ3n) is 2.39. The Bertz CT molecular complexity index is 648. The molecule has 0 fully saturated rings. The van der Waals surface area contributed by atoms with Gasteiger partial charge in [-0.05, 0) is 13.0 Å². The minimum Gasteiger partial charge on any atom is -0.805 e. The molecule has 0 amide bonds. The van der Waals surface area contributed by atoms with E-state index < -0.39 is 10.8 Å². The van der Waals surface area contributed by atoms with Crippen LogP contribution < -0.4 is 4.43 Å². The lowest BCUT2D eigenvalue weighted by Gasteiger charge is -2.15. The number of fused-ring (bicyclic) bond motifs is 1. The van der Waals surface area contributed by atoms with Crippen molar-refractivity contribution in [3.05, 3.63) is 40.1 Å². The minimum atomic E-state index is -1.49. The predicted molar refractivity (Wildman–Crippen MR) is 61.1 cm³/mol. The van der Waals surface area contributed by atoms with E-state index in [1.807, 2.05) is 0 Å². The maximum atomic E-state index is 11.9. The van der Waals surface area contributed by atoms with Crippen molar-refractivity contribution < 1.29 is 8.64 Å². The second-order valence-corrected chi connectivity index (χ2v) is 4.72. The van der Waals surface area contributed by atoms with Gasteiger partial charge < -0.3 is 9.94 Å². The molecule has 1 aromatic heterocycles. The van der Waals surface area contributed by atoms with Crippen molar-refractivity contribution in [2.45, 2.75) is 11.9 Å². The highest BCUT2D eigenvalue weighted by molar-refractivity contribution is 7.84. The van der Waals surface area contributed by atoms with E-state index in [9.17, 15) is 14.3 Å². The standard InChI is InChI=1S/C10H10N2O3S/c1-7-10(16(2)15)12(14)9-6-4-3-5-8(9)11(7)13/h3-6H,1-2H3/t16-/m0/s1. The van der Waals surface area contributed by atoms with Crippen molar-refractivity contribution in [2.24, 2.45) is 0 Å². The van der Waals surface area contributed by atoms with E-state index in [0.717, 1.165) is 0 Å². The van der Waals surface area contributed by atoms with E-state index in [1.165, 1.54) is 19.2 Å². The smallest absolute Gasteiger partial charge is 0.345 e. The van der Waals surface area contributed by atoms with Crippen LogP contribution in [0.1, 0.15) is 5.69 Å². The largest absolute Gasteiger partial charge is 0.805 e. The summed E-state index contributed by atoms with van der Waals surface area (Å²) in [5.41, 5.74) is 0.687. The van der Waals surface area contributed by atoms with E-state index in [-0.39, 0.29) is 21.8 Å². The first-order valence-electron chi connectivity index (χ1n) is 4.62. The van der Waals surface area contributed by atoms with Crippen molar-refractivity contribution in [2.75, 3.05) is 6.26 Å². The average Bonchev–Trinajstić information content (AvgIpc) is 2.26. The van der Waals surface area contributed by atoms with E-state index in [0.29, 0.717) is 9.16 Å². The molecule has 6 heteroatoms. The van der Waals surface area contributed by atoms with Crippen molar-refractivity contribution in [3.63, 3.8) is 0 Å². The fourth-order valence-corrected chi connectivity index (χ4v) is 2.49. The molecule has 1 atom stereocenters. The number of rotatable bonds is 1. The first-order valence-corrected chi connectivity index (χ1v) is 6.17. The van der Waals surface area contributed by atoms with Gasteiger partial charge in [-0.2, -0.15) is 0 Å². The Kier molecular flexibility index (Phi) is 2.51.